The molecule has 3 rings (SSSR count). The minimum Gasteiger partial charge on any atom is -0.310 e. The monoisotopic (exact) mass is 303 g/mol. The third-order valence-corrected chi connectivity index (χ3v) is 6.32. The molecule has 1 N–H and O–H groups in total. The predicted octanol–water partition coefficient (Wildman–Crippen LogP) is 5.14. The van der Waals surface area contributed by atoms with Gasteiger partial charge in [-0.1, -0.05) is 37.6 Å². The molecule has 1 aliphatic carbocycles. The molecule has 1 heterocycles. The summed E-state index contributed by atoms with van der Waals surface area (Å²) in [6, 6.07) is 10.1. The summed E-state index contributed by atoms with van der Waals surface area (Å²) in [6.07, 6.45) is 8.36. The van der Waals surface area contributed by atoms with Crippen molar-refractivity contribution in [1.29, 1.82) is 0 Å². The van der Waals surface area contributed by atoms with Crippen molar-refractivity contribution in [1.82, 2.24) is 5.32 Å². The van der Waals surface area contributed by atoms with Gasteiger partial charge in [-0.15, -0.1) is 0 Å². The van der Waals surface area contributed by atoms with Crippen LogP contribution in [-0.4, -0.2) is 18.1 Å². The Morgan fingerprint density at radius 3 is 2.38 bits per heavy atom. The number of hydrogen-bond donors (Lipinski definition) is 1. The number of rotatable bonds is 6. The van der Waals surface area contributed by atoms with Gasteiger partial charge in [-0.05, 0) is 73.1 Å². The van der Waals surface area contributed by atoms with Gasteiger partial charge in [0.25, 0.3) is 0 Å². The third kappa shape index (κ3) is 4.04. The van der Waals surface area contributed by atoms with E-state index in [2.05, 4.69) is 48.3 Å². The van der Waals surface area contributed by atoms with Crippen molar-refractivity contribution in [2.75, 3.05) is 18.1 Å². The zero-order valence-electron chi connectivity index (χ0n) is 13.3. The molecule has 2 heteroatoms. The largest absolute Gasteiger partial charge is 0.310 e. The maximum Gasteiger partial charge on any atom is 0.0322 e. The quantitative estimate of drug-likeness (QED) is 0.781. The van der Waals surface area contributed by atoms with Crippen LogP contribution in [0.15, 0.2) is 24.3 Å². The molecule has 116 valence electrons. The van der Waals surface area contributed by atoms with E-state index >= 15 is 0 Å². The third-order valence-electron chi connectivity index (χ3n) is 5.28. The Labute approximate surface area is 134 Å². The van der Waals surface area contributed by atoms with Crippen LogP contribution in [0.5, 0.6) is 0 Å². The van der Waals surface area contributed by atoms with Crippen LogP contribution >= 0.6 is 11.8 Å². The molecule has 2 aliphatic rings. The van der Waals surface area contributed by atoms with E-state index in [4.69, 9.17) is 0 Å². The molecule has 1 aromatic rings. The first-order valence-corrected chi connectivity index (χ1v) is 9.93. The summed E-state index contributed by atoms with van der Waals surface area (Å²) in [7, 11) is 0. The summed E-state index contributed by atoms with van der Waals surface area (Å²) in [5.74, 6) is 4.50. The Balaban J connectivity index is 1.64. The second-order valence-electron chi connectivity index (χ2n) is 6.70. The van der Waals surface area contributed by atoms with Gasteiger partial charge in [-0.3, -0.25) is 0 Å². The van der Waals surface area contributed by atoms with Gasteiger partial charge < -0.3 is 5.32 Å². The van der Waals surface area contributed by atoms with Crippen molar-refractivity contribution in [3.63, 3.8) is 0 Å². The fourth-order valence-corrected chi connectivity index (χ4v) is 4.85. The van der Waals surface area contributed by atoms with Gasteiger partial charge in [0.1, 0.15) is 0 Å². The summed E-state index contributed by atoms with van der Waals surface area (Å²) in [6.45, 7) is 3.29. The Hall–Kier alpha value is -0.470. The normalized spacial score (nSPS) is 22.0. The Morgan fingerprint density at radius 2 is 1.81 bits per heavy atom. The summed E-state index contributed by atoms with van der Waals surface area (Å²) in [4.78, 5) is 0. The van der Waals surface area contributed by atoms with Crippen LogP contribution in [0.25, 0.3) is 0 Å². The van der Waals surface area contributed by atoms with E-state index in [-0.39, 0.29) is 0 Å². The molecule has 1 unspecified atom stereocenters. The lowest BCUT2D eigenvalue weighted by Gasteiger charge is -2.28. The predicted molar refractivity (Wildman–Crippen MR) is 94.1 cm³/mol. The molecule has 1 nitrogen and oxygen atoms in total. The van der Waals surface area contributed by atoms with Crippen molar-refractivity contribution in [2.45, 2.75) is 57.4 Å². The Kier molecular flexibility index (Phi) is 5.65. The highest BCUT2D eigenvalue weighted by molar-refractivity contribution is 7.99. The Bertz CT molecular complexity index is 418. The molecular formula is C19H29NS. The van der Waals surface area contributed by atoms with E-state index < -0.39 is 0 Å². The van der Waals surface area contributed by atoms with Gasteiger partial charge in [0.05, 0.1) is 0 Å². The van der Waals surface area contributed by atoms with Crippen LogP contribution in [0.2, 0.25) is 0 Å². The molecule has 21 heavy (non-hydrogen) atoms. The lowest BCUT2D eigenvalue weighted by atomic mass is 9.79. The van der Waals surface area contributed by atoms with E-state index in [0.29, 0.717) is 6.04 Å². The first-order chi connectivity index (χ1) is 10.4. The highest BCUT2D eigenvalue weighted by Gasteiger charge is 2.22. The standard InChI is InChI=1S/C19H29NS/c1-2-20-19(14-15-10-12-21-13-11-15)18-8-6-17(7-9-18)16-4-3-5-16/h6-9,15-16,19-20H,2-5,10-14H2,1H3. The summed E-state index contributed by atoms with van der Waals surface area (Å²) < 4.78 is 0. The molecule has 0 amide bonds. The van der Waals surface area contributed by atoms with Crippen LogP contribution in [-0.2, 0) is 0 Å². The van der Waals surface area contributed by atoms with Crippen LogP contribution in [0.4, 0.5) is 0 Å². The van der Waals surface area contributed by atoms with Gasteiger partial charge in [0.15, 0.2) is 0 Å². The molecule has 2 fully saturated rings. The van der Waals surface area contributed by atoms with E-state index in [9.17, 15) is 0 Å². The maximum atomic E-state index is 3.72. The molecule has 1 saturated carbocycles. The molecule has 0 aromatic heterocycles. The lowest BCUT2D eigenvalue weighted by molar-refractivity contribution is 0.374. The van der Waals surface area contributed by atoms with Gasteiger partial charge in [-0.2, -0.15) is 11.8 Å². The van der Waals surface area contributed by atoms with Crippen molar-refractivity contribution < 1.29 is 0 Å². The first-order valence-electron chi connectivity index (χ1n) is 8.77. The number of hydrogen-bond acceptors (Lipinski definition) is 2. The maximum absolute atomic E-state index is 3.72. The second-order valence-corrected chi connectivity index (χ2v) is 7.92. The molecule has 1 saturated heterocycles. The topological polar surface area (TPSA) is 12.0 Å². The highest BCUT2D eigenvalue weighted by Crippen LogP contribution is 2.37. The smallest absolute Gasteiger partial charge is 0.0322 e. The molecule has 0 radical (unpaired) electrons. The molecule has 1 aliphatic heterocycles. The van der Waals surface area contributed by atoms with Crippen LogP contribution < -0.4 is 5.32 Å². The van der Waals surface area contributed by atoms with E-state index in [1.54, 1.807) is 5.56 Å². The van der Waals surface area contributed by atoms with Gasteiger partial charge in [0, 0.05) is 6.04 Å². The van der Waals surface area contributed by atoms with Gasteiger partial charge in [-0.25, -0.2) is 0 Å². The van der Waals surface area contributed by atoms with Crippen LogP contribution in [0.3, 0.4) is 0 Å². The van der Waals surface area contributed by atoms with Crippen LogP contribution in [0.1, 0.15) is 68.5 Å². The molecule has 0 spiro atoms. The number of benzene rings is 1. The van der Waals surface area contributed by atoms with Crippen molar-refractivity contribution >= 4 is 11.8 Å². The first kappa shape index (κ1) is 15.4. The minimum absolute atomic E-state index is 0.554. The summed E-state index contributed by atoms with van der Waals surface area (Å²) in [5.41, 5.74) is 3.06. The van der Waals surface area contributed by atoms with Crippen molar-refractivity contribution in [3.8, 4) is 0 Å². The number of thioether (sulfide) groups is 1. The zero-order chi connectivity index (χ0) is 14.5. The summed E-state index contributed by atoms with van der Waals surface area (Å²) >= 11 is 2.13. The Morgan fingerprint density at radius 1 is 1.10 bits per heavy atom. The van der Waals surface area contributed by atoms with Gasteiger partial charge in [0.2, 0.25) is 0 Å². The van der Waals surface area contributed by atoms with E-state index in [1.807, 2.05) is 0 Å². The second kappa shape index (κ2) is 7.69. The average molecular weight is 304 g/mol. The minimum atomic E-state index is 0.554. The summed E-state index contributed by atoms with van der Waals surface area (Å²) in [5, 5.41) is 3.72. The highest BCUT2D eigenvalue weighted by atomic mass is 32.2. The van der Waals surface area contributed by atoms with Crippen LogP contribution in [0, 0.1) is 5.92 Å². The lowest BCUT2D eigenvalue weighted by Crippen LogP contribution is -2.25. The van der Waals surface area contributed by atoms with E-state index in [0.717, 1.165) is 18.4 Å². The molecular weight excluding hydrogens is 274 g/mol. The fraction of sp³-hybridized carbons (Fsp3) is 0.684. The van der Waals surface area contributed by atoms with Gasteiger partial charge >= 0.3 is 0 Å². The average Bonchev–Trinajstić information content (AvgIpc) is 2.47. The van der Waals surface area contributed by atoms with Crippen molar-refractivity contribution in [3.05, 3.63) is 35.4 Å². The SMILES string of the molecule is CCNC(CC1CCSCC1)c1ccc(C2CCC2)cc1. The molecule has 1 atom stereocenters. The fourth-order valence-electron chi connectivity index (χ4n) is 3.64. The zero-order valence-corrected chi connectivity index (χ0v) is 14.1. The molecule has 1 aromatic carbocycles. The molecule has 0 bridgehead atoms. The van der Waals surface area contributed by atoms with E-state index in [1.165, 1.54) is 55.6 Å². The van der Waals surface area contributed by atoms with Crippen molar-refractivity contribution in [2.24, 2.45) is 5.92 Å². The number of nitrogens with one attached hydrogen (secondary N) is 1.